The van der Waals surface area contributed by atoms with Gasteiger partial charge in [-0.1, -0.05) is 42.6 Å². The first-order chi connectivity index (χ1) is 10.5. The number of hydrogen-bond donors (Lipinski definition) is 1. The van der Waals surface area contributed by atoms with E-state index in [1.807, 2.05) is 19.1 Å². The standard InChI is InChI=1S/C18H25Cl2NO/c1-3-12(2)21-18(22)7-5-4-6-13-10-15(13)14-8-9-16(19)17(20)11-14/h8-9,11-13,15H,3-7,10H2,1-2H3,(H,21,22). The molecule has 0 aliphatic heterocycles. The van der Waals surface area contributed by atoms with Crippen LogP contribution in [0, 0.1) is 5.92 Å². The lowest BCUT2D eigenvalue weighted by Gasteiger charge is -2.10. The number of nitrogens with one attached hydrogen (secondary N) is 1. The monoisotopic (exact) mass is 341 g/mol. The molecule has 2 nitrogen and oxygen atoms in total. The van der Waals surface area contributed by atoms with Crippen molar-refractivity contribution in [2.75, 3.05) is 0 Å². The number of halogens is 2. The van der Waals surface area contributed by atoms with Crippen molar-refractivity contribution in [1.82, 2.24) is 5.32 Å². The number of amides is 1. The average Bonchev–Trinajstić information content (AvgIpc) is 3.26. The summed E-state index contributed by atoms with van der Waals surface area (Å²) in [6.07, 6.45) is 6.16. The van der Waals surface area contributed by atoms with Crippen LogP contribution in [0.3, 0.4) is 0 Å². The molecule has 1 N–H and O–H groups in total. The van der Waals surface area contributed by atoms with Gasteiger partial charge >= 0.3 is 0 Å². The van der Waals surface area contributed by atoms with Gasteiger partial charge < -0.3 is 5.32 Å². The molecule has 1 aromatic carbocycles. The third-order valence-electron chi connectivity index (χ3n) is 4.54. The number of rotatable bonds is 8. The summed E-state index contributed by atoms with van der Waals surface area (Å²) >= 11 is 12.0. The Morgan fingerprint density at radius 1 is 1.32 bits per heavy atom. The SMILES string of the molecule is CCC(C)NC(=O)CCCCC1CC1c1ccc(Cl)c(Cl)c1. The van der Waals surface area contributed by atoms with Crippen molar-refractivity contribution in [3.8, 4) is 0 Å². The molecule has 1 saturated carbocycles. The molecule has 2 rings (SSSR count). The summed E-state index contributed by atoms with van der Waals surface area (Å²) < 4.78 is 0. The zero-order valence-corrected chi connectivity index (χ0v) is 14.9. The fraction of sp³-hybridized carbons (Fsp3) is 0.611. The van der Waals surface area contributed by atoms with Gasteiger partial charge in [0.2, 0.25) is 5.91 Å². The smallest absolute Gasteiger partial charge is 0.220 e. The highest BCUT2D eigenvalue weighted by Gasteiger charge is 2.37. The van der Waals surface area contributed by atoms with E-state index in [-0.39, 0.29) is 11.9 Å². The van der Waals surface area contributed by atoms with Crippen molar-refractivity contribution < 1.29 is 4.79 Å². The first-order valence-electron chi connectivity index (χ1n) is 8.25. The topological polar surface area (TPSA) is 29.1 Å². The predicted molar refractivity (Wildman–Crippen MR) is 93.7 cm³/mol. The van der Waals surface area contributed by atoms with Gasteiger partial charge in [0.15, 0.2) is 0 Å². The summed E-state index contributed by atoms with van der Waals surface area (Å²) in [5.41, 5.74) is 1.30. The van der Waals surface area contributed by atoms with Crippen LogP contribution in [0.4, 0.5) is 0 Å². The van der Waals surface area contributed by atoms with Crippen molar-refractivity contribution in [2.45, 2.75) is 64.3 Å². The summed E-state index contributed by atoms with van der Waals surface area (Å²) in [5.74, 6) is 1.56. The molecular formula is C18H25Cl2NO. The van der Waals surface area contributed by atoms with Gasteiger partial charge in [0, 0.05) is 12.5 Å². The van der Waals surface area contributed by atoms with E-state index >= 15 is 0 Å². The van der Waals surface area contributed by atoms with Crippen molar-refractivity contribution in [3.05, 3.63) is 33.8 Å². The number of benzene rings is 1. The molecular weight excluding hydrogens is 317 g/mol. The van der Waals surface area contributed by atoms with Gasteiger partial charge in [0.05, 0.1) is 10.0 Å². The summed E-state index contributed by atoms with van der Waals surface area (Å²) in [7, 11) is 0. The maximum Gasteiger partial charge on any atom is 0.220 e. The van der Waals surface area contributed by atoms with Crippen LogP contribution in [0.25, 0.3) is 0 Å². The second-order valence-corrected chi connectivity index (χ2v) is 7.21. The van der Waals surface area contributed by atoms with Crippen LogP contribution < -0.4 is 5.32 Å². The Labute approximate surface area is 143 Å². The maximum atomic E-state index is 11.7. The van der Waals surface area contributed by atoms with Crippen LogP contribution in [-0.4, -0.2) is 11.9 Å². The molecule has 22 heavy (non-hydrogen) atoms. The normalized spacial score (nSPS) is 21.5. The van der Waals surface area contributed by atoms with Gasteiger partial charge in [-0.2, -0.15) is 0 Å². The lowest BCUT2D eigenvalue weighted by Crippen LogP contribution is -2.31. The molecule has 0 heterocycles. The lowest BCUT2D eigenvalue weighted by molar-refractivity contribution is -0.121. The Kier molecular flexibility index (Phi) is 6.58. The summed E-state index contributed by atoms with van der Waals surface area (Å²) in [4.78, 5) is 11.7. The second kappa shape index (κ2) is 8.21. The van der Waals surface area contributed by atoms with E-state index < -0.39 is 0 Å². The van der Waals surface area contributed by atoms with Crippen molar-refractivity contribution >= 4 is 29.1 Å². The van der Waals surface area contributed by atoms with E-state index in [4.69, 9.17) is 23.2 Å². The first-order valence-corrected chi connectivity index (χ1v) is 9.01. The summed E-state index contributed by atoms with van der Waals surface area (Å²) in [5, 5.41) is 4.28. The molecule has 0 radical (unpaired) electrons. The Morgan fingerprint density at radius 2 is 2.09 bits per heavy atom. The van der Waals surface area contributed by atoms with Crippen LogP contribution in [0.15, 0.2) is 18.2 Å². The zero-order chi connectivity index (χ0) is 16.1. The molecule has 3 atom stereocenters. The molecule has 1 aliphatic rings. The van der Waals surface area contributed by atoms with Gasteiger partial charge in [0.1, 0.15) is 0 Å². The van der Waals surface area contributed by atoms with E-state index in [1.165, 1.54) is 18.4 Å². The Hall–Kier alpha value is -0.730. The Bertz CT molecular complexity index is 518. The van der Waals surface area contributed by atoms with Crippen molar-refractivity contribution in [3.63, 3.8) is 0 Å². The van der Waals surface area contributed by atoms with Crippen molar-refractivity contribution in [1.29, 1.82) is 0 Å². The van der Waals surface area contributed by atoms with Gasteiger partial charge in [-0.05, 0) is 62.1 Å². The molecule has 0 bridgehead atoms. The van der Waals surface area contributed by atoms with E-state index in [0.717, 1.165) is 25.2 Å². The third-order valence-corrected chi connectivity index (χ3v) is 5.28. The van der Waals surface area contributed by atoms with E-state index in [0.29, 0.717) is 22.4 Å². The van der Waals surface area contributed by atoms with Crippen LogP contribution in [0.5, 0.6) is 0 Å². The molecule has 1 fully saturated rings. The minimum absolute atomic E-state index is 0.186. The fourth-order valence-electron chi connectivity index (χ4n) is 2.86. The molecule has 4 heteroatoms. The highest BCUT2D eigenvalue weighted by atomic mass is 35.5. The quantitative estimate of drug-likeness (QED) is 0.615. The number of carbonyl (C=O) groups is 1. The van der Waals surface area contributed by atoms with Gasteiger partial charge in [-0.15, -0.1) is 0 Å². The number of carbonyl (C=O) groups excluding carboxylic acids is 1. The molecule has 1 amide bonds. The van der Waals surface area contributed by atoms with Crippen LogP contribution in [-0.2, 0) is 4.79 Å². The predicted octanol–water partition coefficient (Wildman–Crippen LogP) is 5.57. The minimum atomic E-state index is 0.186. The largest absolute Gasteiger partial charge is 0.354 e. The van der Waals surface area contributed by atoms with Gasteiger partial charge in [0.25, 0.3) is 0 Å². The first kappa shape index (κ1) is 17.6. The van der Waals surface area contributed by atoms with Gasteiger partial charge in [-0.3, -0.25) is 4.79 Å². The summed E-state index contributed by atoms with van der Waals surface area (Å²) in [6, 6.07) is 6.25. The minimum Gasteiger partial charge on any atom is -0.354 e. The van der Waals surface area contributed by atoms with Crippen LogP contribution >= 0.6 is 23.2 Å². The van der Waals surface area contributed by atoms with E-state index in [9.17, 15) is 4.79 Å². The van der Waals surface area contributed by atoms with Crippen molar-refractivity contribution in [2.24, 2.45) is 5.92 Å². The van der Waals surface area contributed by atoms with Gasteiger partial charge in [-0.25, -0.2) is 0 Å². The number of hydrogen-bond acceptors (Lipinski definition) is 1. The lowest BCUT2D eigenvalue weighted by atomic mass is 10.1. The molecule has 1 aromatic rings. The number of unbranched alkanes of at least 4 members (excludes halogenated alkanes) is 1. The van der Waals surface area contributed by atoms with Crippen LogP contribution in [0.1, 0.15) is 63.9 Å². The highest BCUT2D eigenvalue weighted by molar-refractivity contribution is 6.42. The molecule has 122 valence electrons. The zero-order valence-electron chi connectivity index (χ0n) is 13.4. The molecule has 0 saturated heterocycles. The Balaban J connectivity index is 1.63. The molecule has 0 aromatic heterocycles. The van der Waals surface area contributed by atoms with Crippen LogP contribution in [0.2, 0.25) is 10.0 Å². The average molecular weight is 342 g/mol. The molecule has 0 spiro atoms. The fourth-order valence-corrected chi connectivity index (χ4v) is 3.17. The second-order valence-electron chi connectivity index (χ2n) is 6.40. The maximum absolute atomic E-state index is 11.7. The summed E-state index contributed by atoms with van der Waals surface area (Å²) in [6.45, 7) is 4.13. The molecule has 1 aliphatic carbocycles. The van der Waals surface area contributed by atoms with E-state index in [2.05, 4.69) is 18.3 Å². The molecule has 3 unspecified atom stereocenters. The third kappa shape index (κ3) is 5.17. The highest BCUT2D eigenvalue weighted by Crippen LogP contribution is 2.51. The van der Waals surface area contributed by atoms with E-state index in [1.54, 1.807) is 0 Å². The Morgan fingerprint density at radius 3 is 2.77 bits per heavy atom.